The standard InChI is InChI=1S/C18H17NO4/c1-22-18(21)12-6-8-13(9-7-12)19-17(20)15-10-11-23-16-5-3-2-4-14(15)16/h2-9,15H,10-11H2,1H3,(H,19,20). The molecule has 23 heavy (non-hydrogen) atoms. The maximum Gasteiger partial charge on any atom is 0.337 e. The van der Waals surface area contributed by atoms with Crippen LogP contribution in [0, 0.1) is 0 Å². The summed E-state index contributed by atoms with van der Waals surface area (Å²) in [4.78, 5) is 24.0. The smallest absolute Gasteiger partial charge is 0.337 e. The van der Waals surface area contributed by atoms with Crippen LogP contribution in [0.15, 0.2) is 48.5 Å². The maximum atomic E-state index is 12.5. The molecule has 1 atom stereocenters. The molecule has 5 heteroatoms. The van der Waals surface area contributed by atoms with Crippen LogP contribution in [-0.4, -0.2) is 25.6 Å². The van der Waals surface area contributed by atoms with Crippen LogP contribution in [0.25, 0.3) is 0 Å². The fourth-order valence-corrected chi connectivity index (χ4v) is 2.65. The van der Waals surface area contributed by atoms with Gasteiger partial charge in [-0.2, -0.15) is 0 Å². The summed E-state index contributed by atoms with van der Waals surface area (Å²) >= 11 is 0. The summed E-state index contributed by atoms with van der Waals surface area (Å²) in [5.41, 5.74) is 2.00. The lowest BCUT2D eigenvalue weighted by molar-refractivity contribution is -0.118. The lowest BCUT2D eigenvalue weighted by Crippen LogP contribution is -2.26. The zero-order valence-corrected chi connectivity index (χ0v) is 12.7. The average molecular weight is 311 g/mol. The predicted octanol–water partition coefficient (Wildman–Crippen LogP) is 2.98. The van der Waals surface area contributed by atoms with E-state index in [2.05, 4.69) is 10.1 Å². The number of methoxy groups -OCH3 is 1. The minimum absolute atomic E-state index is 0.0773. The Kier molecular flexibility index (Phi) is 4.28. The van der Waals surface area contributed by atoms with Crippen molar-refractivity contribution in [2.24, 2.45) is 0 Å². The first-order chi connectivity index (χ1) is 11.2. The third-order valence-corrected chi connectivity index (χ3v) is 3.85. The minimum atomic E-state index is -0.402. The number of hydrogen-bond donors (Lipinski definition) is 1. The highest BCUT2D eigenvalue weighted by atomic mass is 16.5. The first-order valence-electron chi connectivity index (χ1n) is 7.40. The number of nitrogens with one attached hydrogen (secondary N) is 1. The summed E-state index contributed by atoms with van der Waals surface area (Å²) in [6.07, 6.45) is 0.642. The molecular formula is C18H17NO4. The number of esters is 1. The van der Waals surface area contributed by atoms with E-state index < -0.39 is 5.97 Å². The Bertz CT molecular complexity index is 724. The average Bonchev–Trinajstić information content (AvgIpc) is 2.61. The van der Waals surface area contributed by atoms with E-state index in [0.29, 0.717) is 24.3 Å². The van der Waals surface area contributed by atoms with Gasteiger partial charge in [-0.15, -0.1) is 0 Å². The zero-order valence-electron chi connectivity index (χ0n) is 12.7. The highest BCUT2D eigenvalue weighted by molar-refractivity contribution is 5.97. The number of amides is 1. The first-order valence-corrected chi connectivity index (χ1v) is 7.40. The highest BCUT2D eigenvalue weighted by Gasteiger charge is 2.27. The predicted molar refractivity (Wildman–Crippen MR) is 85.7 cm³/mol. The molecular weight excluding hydrogens is 294 g/mol. The molecule has 0 aromatic heterocycles. The van der Waals surface area contributed by atoms with Crippen LogP contribution in [0.1, 0.15) is 28.3 Å². The van der Waals surface area contributed by atoms with E-state index >= 15 is 0 Å². The number of benzene rings is 2. The first kappa shape index (κ1) is 15.1. The molecule has 0 bridgehead atoms. The second-order valence-electron chi connectivity index (χ2n) is 5.29. The van der Waals surface area contributed by atoms with Gasteiger partial charge in [-0.25, -0.2) is 4.79 Å². The van der Waals surface area contributed by atoms with Crippen LogP contribution in [0.4, 0.5) is 5.69 Å². The zero-order chi connectivity index (χ0) is 16.2. The van der Waals surface area contributed by atoms with Gasteiger partial charge >= 0.3 is 5.97 Å². The van der Waals surface area contributed by atoms with Gasteiger partial charge in [0.2, 0.25) is 5.91 Å². The summed E-state index contributed by atoms with van der Waals surface area (Å²) in [5.74, 6) is 0.0491. The van der Waals surface area contributed by atoms with Crippen molar-refractivity contribution in [2.75, 3.05) is 19.0 Å². The van der Waals surface area contributed by atoms with Gasteiger partial charge in [0.15, 0.2) is 0 Å². The van der Waals surface area contributed by atoms with Crippen LogP contribution in [0.2, 0.25) is 0 Å². The number of rotatable bonds is 3. The number of carbonyl (C=O) groups is 2. The molecule has 1 unspecified atom stereocenters. The number of carbonyl (C=O) groups excluding carboxylic acids is 2. The summed E-state index contributed by atoms with van der Waals surface area (Å²) in [7, 11) is 1.33. The quantitative estimate of drug-likeness (QED) is 0.885. The molecule has 0 aliphatic carbocycles. The highest BCUT2D eigenvalue weighted by Crippen LogP contribution is 2.34. The van der Waals surface area contributed by atoms with E-state index in [1.54, 1.807) is 24.3 Å². The van der Waals surface area contributed by atoms with E-state index in [1.807, 2.05) is 24.3 Å². The van der Waals surface area contributed by atoms with Crippen molar-refractivity contribution in [3.63, 3.8) is 0 Å². The summed E-state index contributed by atoms with van der Waals surface area (Å²) < 4.78 is 10.2. The Morgan fingerprint density at radius 3 is 2.61 bits per heavy atom. The molecule has 1 aliphatic heterocycles. The molecule has 0 spiro atoms. The van der Waals surface area contributed by atoms with Crippen molar-refractivity contribution < 1.29 is 19.1 Å². The Morgan fingerprint density at radius 2 is 1.87 bits per heavy atom. The Labute approximate surface area is 134 Å². The molecule has 5 nitrogen and oxygen atoms in total. The second-order valence-corrected chi connectivity index (χ2v) is 5.29. The monoisotopic (exact) mass is 311 g/mol. The molecule has 1 aliphatic rings. The van der Waals surface area contributed by atoms with Gasteiger partial charge in [0.1, 0.15) is 5.75 Å². The fourth-order valence-electron chi connectivity index (χ4n) is 2.65. The number of anilines is 1. The van der Waals surface area contributed by atoms with E-state index in [9.17, 15) is 9.59 Å². The summed E-state index contributed by atoms with van der Waals surface area (Å²) in [6.45, 7) is 0.524. The molecule has 118 valence electrons. The number of ether oxygens (including phenoxy) is 2. The van der Waals surface area contributed by atoms with Crippen LogP contribution < -0.4 is 10.1 Å². The van der Waals surface area contributed by atoms with Crippen molar-refractivity contribution in [3.05, 3.63) is 59.7 Å². The third-order valence-electron chi connectivity index (χ3n) is 3.85. The lowest BCUT2D eigenvalue weighted by atomic mass is 9.92. The Morgan fingerprint density at radius 1 is 1.13 bits per heavy atom. The molecule has 1 amide bonds. The molecule has 3 rings (SSSR count). The number of fused-ring (bicyclic) bond motifs is 1. The summed E-state index contributed by atoms with van der Waals surface area (Å²) in [5, 5.41) is 2.89. The molecule has 1 N–H and O–H groups in total. The van der Waals surface area contributed by atoms with E-state index in [4.69, 9.17) is 4.74 Å². The lowest BCUT2D eigenvalue weighted by Gasteiger charge is -2.25. The molecule has 1 heterocycles. The second kappa shape index (κ2) is 6.52. The molecule has 2 aromatic carbocycles. The molecule has 0 radical (unpaired) electrons. The largest absolute Gasteiger partial charge is 0.493 e. The van der Waals surface area contributed by atoms with Crippen molar-refractivity contribution in [3.8, 4) is 5.75 Å². The van der Waals surface area contributed by atoms with E-state index in [-0.39, 0.29) is 11.8 Å². The number of para-hydroxylation sites is 1. The van der Waals surface area contributed by atoms with Crippen molar-refractivity contribution in [1.29, 1.82) is 0 Å². The molecule has 0 fully saturated rings. The van der Waals surface area contributed by atoms with Gasteiger partial charge in [0.25, 0.3) is 0 Å². The SMILES string of the molecule is COC(=O)c1ccc(NC(=O)C2CCOc3ccccc32)cc1. The van der Waals surface area contributed by atoms with Crippen LogP contribution in [0.5, 0.6) is 5.75 Å². The van der Waals surface area contributed by atoms with Crippen LogP contribution >= 0.6 is 0 Å². The topological polar surface area (TPSA) is 64.6 Å². The van der Waals surface area contributed by atoms with Gasteiger partial charge in [-0.1, -0.05) is 18.2 Å². The van der Waals surface area contributed by atoms with Gasteiger partial charge in [-0.05, 0) is 36.8 Å². The third kappa shape index (κ3) is 3.18. The fraction of sp³-hybridized carbons (Fsp3) is 0.222. The number of hydrogen-bond acceptors (Lipinski definition) is 4. The van der Waals surface area contributed by atoms with Crippen molar-refractivity contribution in [2.45, 2.75) is 12.3 Å². The maximum absolute atomic E-state index is 12.5. The van der Waals surface area contributed by atoms with Crippen LogP contribution in [0.3, 0.4) is 0 Å². The van der Waals surface area contributed by atoms with Gasteiger partial charge < -0.3 is 14.8 Å². The summed E-state index contributed by atoms with van der Waals surface area (Å²) in [6, 6.07) is 14.2. The minimum Gasteiger partial charge on any atom is -0.493 e. The Balaban J connectivity index is 1.74. The molecule has 0 saturated carbocycles. The van der Waals surface area contributed by atoms with E-state index in [1.165, 1.54) is 7.11 Å². The van der Waals surface area contributed by atoms with Gasteiger partial charge in [0.05, 0.1) is 25.2 Å². The Hall–Kier alpha value is -2.82. The molecule has 0 saturated heterocycles. The van der Waals surface area contributed by atoms with E-state index in [0.717, 1.165) is 11.3 Å². The molecule has 2 aromatic rings. The van der Waals surface area contributed by atoms with Crippen molar-refractivity contribution >= 4 is 17.6 Å². The van der Waals surface area contributed by atoms with Gasteiger partial charge in [0, 0.05) is 11.3 Å². The normalized spacial score (nSPS) is 16.0. The van der Waals surface area contributed by atoms with Crippen LogP contribution in [-0.2, 0) is 9.53 Å². The van der Waals surface area contributed by atoms with Crippen molar-refractivity contribution in [1.82, 2.24) is 0 Å². The van der Waals surface area contributed by atoms with Gasteiger partial charge in [-0.3, -0.25) is 4.79 Å².